The smallest absolute Gasteiger partial charge is 0.238 e. The zero-order chi connectivity index (χ0) is 21.1. The molecule has 2 aromatic carbocycles. The average molecular weight is 427 g/mol. The summed E-state index contributed by atoms with van der Waals surface area (Å²) in [6.07, 6.45) is 0.112. The molecule has 1 atom stereocenters. The second-order valence-corrected chi connectivity index (χ2v) is 7.77. The van der Waals surface area contributed by atoms with Gasteiger partial charge in [-0.3, -0.25) is 14.5 Å². The molecule has 0 radical (unpaired) electrons. The first-order valence-electron chi connectivity index (χ1n) is 9.47. The van der Waals surface area contributed by atoms with Crippen molar-refractivity contribution in [2.75, 3.05) is 25.8 Å². The lowest BCUT2D eigenvalue weighted by molar-refractivity contribution is -0.129. The highest BCUT2D eigenvalue weighted by Gasteiger charge is 2.35. The molecule has 30 heavy (non-hydrogen) atoms. The van der Waals surface area contributed by atoms with E-state index in [-0.39, 0.29) is 25.0 Å². The van der Waals surface area contributed by atoms with Gasteiger partial charge in [-0.2, -0.15) is 0 Å². The number of rotatable bonds is 5. The fraction of sp³-hybridized carbons (Fsp3) is 0.286. The van der Waals surface area contributed by atoms with Gasteiger partial charge in [-0.1, -0.05) is 11.8 Å². The quantitative estimate of drug-likeness (QED) is 0.787. The number of benzene rings is 2. The topological polar surface area (TPSA) is 89.5 Å². The Kier molecular flexibility index (Phi) is 5.80. The maximum atomic E-state index is 12.8. The van der Waals surface area contributed by atoms with E-state index in [0.717, 1.165) is 0 Å². The lowest BCUT2D eigenvalue weighted by Gasteiger charge is -2.30. The number of aliphatic imine (C=N–C) groups is 1. The van der Waals surface area contributed by atoms with E-state index in [2.05, 4.69) is 10.3 Å². The summed E-state index contributed by atoms with van der Waals surface area (Å²) < 4.78 is 15.8. The predicted molar refractivity (Wildman–Crippen MR) is 115 cm³/mol. The van der Waals surface area contributed by atoms with Gasteiger partial charge in [0.05, 0.1) is 12.8 Å². The highest BCUT2D eigenvalue weighted by molar-refractivity contribution is 8.15. The summed E-state index contributed by atoms with van der Waals surface area (Å²) in [7, 11) is 1.58. The van der Waals surface area contributed by atoms with Crippen molar-refractivity contribution in [1.82, 2.24) is 4.90 Å². The van der Waals surface area contributed by atoms with Crippen molar-refractivity contribution in [3.05, 3.63) is 42.5 Å². The minimum absolute atomic E-state index is 0.112. The molecule has 4 rings (SSSR count). The summed E-state index contributed by atoms with van der Waals surface area (Å²) in [6, 6.07) is 12.4. The van der Waals surface area contributed by atoms with Crippen LogP contribution in [0.15, 0.2) is 47.5 Å². The first-order valence-corrected chi connectivity index (χ1v) is 10.4. The molecule has 1 N–H and O–H groups in total. The summed E-state index contributed by atoms with van der Waals surface area (Å²) in [5.74, 6) is 1.60. The van der Waals surface area contributed by atoms with Gasteiger partial charge in [0.15, 0.2) is 16.7 Å². The van der Waals surface area contributed by atoms with Crippen molar-refractivity contribution in [3.8, 4) is 17.2 Å². The Morgan fingerprint density at radius 1 is 1.23 bits per heavy atom. The summed E-state index contributed by atoms with van der Waals surface area (Å²) in [6.45, 7) is 2.53. The number of fused-ring (bicyclic) bond motifs is 1. The number of ether oxygens (including phenoxy) is 3. The van der Waals surface area contributed by atoms with Crippen molar-refractivity contribution in [1.29, 1.82) is 0 Å². The number of thioether (sulfide) groups is 1. The number of carbonyl (C=O) groups excluding carboxylic acids is 2. The Hall–Kier alpha value is -3.20. The van der Waals surface area contributed by atoms with Crippen LogP contribution in [0.1, 0.15) is 13.3 Å². The van der Waals surface area contributed by atoms with Crippen molar-refractivity contribution in [2.45, 2.75) is 18.6 Å². The van der Waals surface area contributed by atoms with Gasteiger partial charge in [-0.15, -0.1) is 0 Å². The SMILES string of the molecule is CCN1C(=O)CC(C(=O)Nc2ccc(OC)cc2)SC1=Nc1ccc2c(c1)OCO2. The maximum Gasteiger partial charge on any atom is 0.238 e. The number of anilines is 1. The van der Waals surface area contributed by atoms with Gasteiger partial charge in [-0.05, 0) is 43.3 Å². The normalized spacial score (nSPS) is 19.1. The number of hydrogen-bond donors (Lipinski definition) is 1. The Labute approximate surface area is 178 Å². The van der Waals surface area contributed by atoms with E-state index in [1.165, 1.54) is 11.8 Å². The molecule has 156 valence electrons. The summed E-state index contributed by atoms with van der Waals surface area (Å²) in [4.78, 5) is 31.6. The molecule has 2 amide bonds. The predicted octanol–water partition coefficient (Wildman–Crippen LogP) is 3.40. The minimum atomic E-state index is -0.574. The van der Waals surface area contributed by atoms with Crippen LogP contribution in [-0.4, -0.2) is 47.6 Å². The minimum Gasteiger partial charge on any atom is -0.497 e. The van der Waals surface area contributed by atoms with E-state index < -0.39 is 5.25 Å². The van der Waals surface area contributed by atoms with E-state index >= 15 is 0 Å². The van der Waals surface area contributed by atoms with Crippen LogP contribution in [0.2, 0.25) is 0 Å². The molecule has 1 fully saturated rings. The molecule has 1 saturated heterocycles. The Morgan fingerprint density at radius 2 is 2.00 bits per heavy atom. The van der Waals surface area contributed by atoms with Crippen LogP contribution in [0.3, 0.4) is 0 Å². The second-order valence-electron chi connectivity index (χ2n) is 6.60. The van der Waals surface area contributed by atoms with Gasteiger partial charge >= 0.3 is 0 Å². The zero-order valence-corrected chi connectivity index (χ0v) is 17.4. The van der Waals surface area contributed by atoms with Crippen molar-refractivity contribution in [3.63, 3.8) is 0 Å². The van der Waals surface area contributed by atoms with Gasteiger partial charge < -0.3 is 19.5 Å². The lowest BCUT2D eigenvalue weighted by atomic mass is 10.2. The van der Waals surface area contributed by atoms with E-state index in [0.29, 0.717) is 40.3 Å². The number of amides is 2. The molecule has 0 aromatic heterocycles. The number of nitrogens with one attached hydrogen (secondary N) is 1. The van der Waals surface area contributed by atoms with Crippen molar-refractivity contribution >= 4 is 40.1 Å². The van der Waals surface area contributed by atoms with Crippen LogP contribution in [0.25, 0.3) is 0 Å². The molecule has 0 bridgehead atoms. The number of carbonyl (C=O) groups is 2. The van der Waals surface area contributed by atoms with Gasteiger partial charge in [-0.25, -0.2) is 4.99 Å². The van der Waals surface area contributed by atoms with Gasteiger partial charge in [0, 0.05) is 24.7 Å². The van der Waals surface area contributed by atoms with Gasteiger partial charge in [0.2, 0.25) is 18.6 Å². The third-order valence-electron chi connectivity index (χ3n) is 4.69. The van der Waals surface area contributed by atoms with E-state index in [1.807, 2.05) is 6.92 Å². The molecule has 2 aliphatic rings. The van der Waals surface area contributed by atoms with Crippen LogP contribution >= 0.6 is 11.8 Å². The molecular weight excluding hydrogens is 406 g/mol. The highest BCUT2D eigenvalue weighted by Crippen LogP contribution is 2.36. The summed E-state index contributed by atoms with van der Waals surface area (Å²) in [5, 5.41) is 2.77. The second kappa shape index (κ2) is 8.66. The Bertz CT molecular complexity index is 993. The van der Waals surface area contributed by atoms with Crippen LogP contribution in [0.5, 0.6) is 17.2 Å². The van der Waals surface area contributed by atoms with E-state index in [9.17, 15) is 9.59 Å². The van der Waals surface area contributed by atoms with Crippen LogP contribution in [0, 0.1) is 0 Å². The number of amidine groups is 1. The first-order chi connectivity index (χ1) is 14.6. The van der Waals surface area contributed by atoms with Crippen molar-refractivity contribution in [2.24, 2.45) is 4.99 Å². The van der Waals surface area contributed by atoms with E-state index in [1.54, 1.807) is 54.5 Å². The molecule has 2 heterocycles. The number of methoxy groups -OCH3 is 1. The molecular formula is C21H21N3O5S. The maximum absolute atomic E-state index is 12.8. The van der Waals surface area contributed by atoms with Gasteiger partial charge in [0.1, 0.15) is 11.0 Å². The monoisotopic (exact) mass is 427 g/mol. The molecule has 2 aliphatic heterocycles. The molecule has 1 unspecified atom stereocenters. The zero-order valence-electron chi connectivity index (χ0n) is 16.6. The molecule has 0 saturated carbocycles. The van der Waals surface area contributed by atoms with Crippen LogP contribution in [0.4, 0.5) is 11.4 Å². The summed E-state index contributed by atoms with van der Waals surface area (Å²) >= 11 is 1.28. The van der Waals surface area contributed by atoms with E-state index in [4.69, 9.17) is 14.2 Å². The fourth-order valence-electron chi connectivity index (χ4n) is 3.11. The molecule has 0 aliphatic carbocycles. The average Bonchev–Trinajstić information content (AvgIpc) is 3.22. The molecule has 8 nitrogen and oxygen atoms in total. The lowest BCUT2D eigenvalue weighted by Crippen LogP contribution is -2.45. The molecule has 0 spiro atoms. The summed E-state index contributed by atoms with van der Waals surface area (Å²) in [5.41, 5.74) is 1.27. The molecule has 9 heteroatoms. The first kappa shape index (κ1) is 20.1. The molecule has 2 aromatic rings. The van der Waals surface area contributed by atoms with Crippen LogP contribution in [-0.2, 0) is 9.59 Å². The third-order valence-corrected chi connectivity index (χ3v) is 5.87. The highest BCUT2D eigenvalue weighted by atomic mass is 32.2. The van der Waals surface area contributed by atoms with Gasteiger partial charge in [0.25, 0.3) is 0 Å². The van der Waals surface area contributed by atoms with Crippen LogP contribution < -0.4 is 19.5 Å². The Balaban J connectivity index is 1.53. The number of hydrogen-bond acceptors (Lipinski definition) is 7. The Morgan fingerprint density at radius 3 is 2.73 bits per heavy atom. The standard InChI is InChI=1S/C21H21N3O5S/c1-3-24-19(25)11-18(20(26)22-13-4-7-15(27-2)8-5-13)30-21(24)23-14-6-9-16-17(10-14)29-12-28-16/h4-10,18H,3,11-12H2,1-2H3,(H,22,26). The fourth-order valence-corrected chi connectivity index (χ4v) is 4.28. The third kappa shape index (κ3) is 4.20. The largest absolute Gasteiger partial charge is 0.497 e. The van der Waals surface area contributed by atoms with Crippen molar-refractivity contribution < 1.29 is 23.8 Å². The number of nitrogens with zero attached hydrogens (tertiary/aromatic N) is 2.